The van der Waals surface area contributed by atoms with Crippen molar-refractivity contribution >= 4 is 15.9 Å². The predicted octanol–water partition coefficient (Wildman–Crippen LogP) is 1.24. The van der Waals surface area contributed by atoms with Crippen molar-refractivity contribution in [3.8, 4) is 0 Å². The van der Waals surface area contributed by atoms with Gasteiger partial charge in [-0.1, -0.05) is 6.07 Å². The summed E-state index contributed by atoms with van der Waals surface area (Å²) in [4.78, 5) is 18.2. The summed E-state index contributed by atoms with van der Waals surface area (Å²) in [7, 11) is 0.227. The first-order valence-electron chi connectivity index (χ1n) is 8.30. The van der Waals surface area contributed by atoms with Crippen LogP contribution in [0.3, 0.4) is 0 Å². The molecule has 0 bridgehead atoms. The molecule has 0 spiro atoms. The van der Waals surface area contributed by atoms with Crippen LogP contribution in [-0.4, -0.2) is 51.4 Å². The largest absolute Gasteiger partial charge is 0.352 e. The number of benzene rings is 1. The lowest BCUT2D eigenvalue weighted by Crippen LogP contribution is -2.28. The van der Waals surface area contributed by atoms with Gasteiger partial charge in [-0.3, -0.25) is 9.78 Å². The highest BCUT2D eigenvalue weighted by Gasteiger charge is 2.16. The molecule has 2 aromatic rings. The molecule has 1 amide bonds. The summed E-state index contributed by atoms with van der Waals surface area (Å²) in [5.41, 5.74) is 1.13. The van der Waals surface area contributed by atoms with E-state index in [9.17, 15) is 13.2 Å². The SMILES string of the molecule is CN(C)CCCNC(=O)c1cccc(S(=O)(=O)NCc2ccncc2)c1. The molecule has 2 N–H and O–H groups in total. The van der Waals surface area contributed by atoms with Crippen LogP contribution in [0.5, 0.6) is 0 Å². The van der Waals surface area contributed by atoms with Crippen molar-refractivity contribution in [2.75, 3.05) is 27.2 Å². The third-order valence-corrected chi connectivity index (χ3v) is 5.09. The van der Waals surface area contributed by atoms with Gasteiger partial charge in [-0.15, -0.1) is 0 Å². The van der Waals surface area contributed by atoms with Crippen LogP contribution >= 0.6 is 0 Å². The average molecular weight is 376 g/mol. The molecule has 0 unspecified atom stereocenters. The van der Waals surface area contributed by atoms with Crippen molar-refractivity contribution < 1.29 is 13.2 Å². The molecule has 2 rings (SSSR count). The van der Waals surface area contributed by atoms with E-state index in [-0.39, 0.29) is 17.3 Å². The van der Waals surface area contributed by atoms with Crippen molar-refractivity contribution in [3.63, 3.8) is 0 Å². The van der Waals surface area contributed by atoms with E-state index in [1.165, 1.54) is 12.1 Å². The van der Waals surface area contributed by atoms with E-state index >= 15 is 0 Å². The Balaban J connectivity index is 1.99. The minimum atomic E-state index is -3.71. The summed E-state index contributed by atoms with van der Waals surface area (Å²) in [6.07, 6.45) is 4.03. The van der Waals surface area contributed by atoms with Crippen molar-refractivity contribution in [1.29, 1.82) is 0 Å². The molecular weight excluding hydrogens is 352 g/mol. The highest BCUT2D eigenvalue weighted by Crippen LogP contribution is 2.12. The molecule has 140 valence electrons. The highest BCUT2D eigenvalue weighted by molar-refractivity contribution is 7.89. The molecule has 0 saturated carbocycles. The van der Waals surface area contributed by atoms with Gasteiger partial charge in [0, 0.05) is 31.0 Å². The summed E-state index contributed by atoms with van der Waals surface area (Å²) < 4.78 is 27.4. The van der Waals surface area contributed by atoms with E-state index in [0.29, 0.717) is 12.1 Å². The number of carbonyl (C=O) groups excluding carboxylic acids is 1. The second-order valence-corrected chi connectivity index (χ2v) is 7.89. The maximum absolute atomic E-state index is 12.5. The molecular formula is C18H24N4O3S. The molecule has 1 aromatic heterocycles. The lowest BCUT2D eigenvalue weighted by atomic mass is 10.2. The monoisotopic (exact) mass is 376 g/mol. The Kier molecular flexibility index (Phi) is 7.26. The molecule has 1 heterocycles. The number of hydrogen-bond acceptors (Lipinski definition) is 5. The first kappa shape index (κ1) is 20.0. The lowest BCUT2D eigenvalue weighted by molar-refractivity contribution is 0.0952. The van der Waals surface area contributed by atoms with Crippen LogP contribution in [0, 0.1) is 0 Å². The quantitative estimate of drug-likeness (QED) is 0.643. The zero-order chi connectivity index (χ0) is 19.0. The average Bonchev–Trinajstić information content (AvgIpc) is 2.64. The van der Waals surface area contributed by atoms with Gasteiger partial charge in [-0.25, -0.2) is 13.1 Å². The van der Waals surface area contributed by atoms with E-state index in [1.807, 2.05) is 19.0 Å². The van der Waals surface area contributed by atoms with Gasteiger partial charge in [0.05, 0.1) is 4.90 Å². The minimum absolute atomic E-state index is 0.0625. The normalized spacial score (nSPS) is 11.5. The number of hydrogen-bond donors (Lipinski definition) is 2. The third kappa shape index (κ3) is 6.21. The number of amides is 1. The molecule has 26 heavy (non-hydrogen) atoms. The van der Waals surface area contributed by atoms with Gasteiger partial charge in [0.1, 0.15) is 0 Å². The number of nitrogens with one attached hydrogen (secondary N) is 2. The molecule has 0 radical (unpaired) electrons. The third-order valence-electron chi connectivity index (χ3n) is 3.69. The zero-order valence-electron chi connectivity index (χ0n) is 15.0. The first-order valence-corrected chi connectivity index (χ1v) is 9.78. The number of aromatic nitrogens is 1. The number of rotatable bonds is 9. The van der Waals surface area contributed by atoms with Crippen LogP contribution in [0.25, 0.3) is 0 Å². The topological polar surface area (TPSA) is 91.4 Å². The van der Waals surface area contributed by atoms with Gasteiger partial charge >= 0.3 is 0 Å². The van der Waals surface area contributed by atoms with Gasteiger partial charge in [0.25, 0.3) is 5.91 Å². The maximum Gasteiger partial charge on any atom is 0.251 e. The molecule has 0 atom stereocenters. The predicted molar refractivity (Wildman–Crippen MR) is 100 cm³/mol. The van der Waals surface area contributed by atoms with Crippen molar-refractivity contribution in [1.82, 2.24) is 19.9 Å². The number of sulfonamides is 1. The Bertz CT molecular complexity index is 823. The van der Waals surface area contributed by atoms with E-state index in [2.05, 4.69) is 15.0 Å². The molecule has 0 aliphatic rings. The standard InChI is InChI=1S/C18H24N4O3S/c1-22(2)12-4-9-20-18(23)16-5-3-6-17(13-16)26(24,25)21-14-15-7-10-19-11-8-15/h3,5-8,10-11,13,21H,4,9,12,14H2,1-2H3,(H,20,23). The first-order chi connectivity index (χ1) is 12.4. The van der Waals surface area contributed by atoms with Gasteiger partial charge in [0.15, 0.2) is 0 Å². The van der Waals surface area contributed by atoms with E-state index in [4.69, 9.17) is 0 Å². The van der Waals surface area contributed by atoms with Crippen LogP contribution < -0.4 is 10.0 Å². The van der Waals surface area contributed by atoms with Crippen LogP contribution in [0.1, 0.15) is 22.3 Å². The number of pyridine rings is 1. The summed E-state index contributed by atoms with van der Waals surface area (Å²) >= 11 is 0. The number of carbonyl (C=O) groups is 1. The van der Waals surface area contributed by atoms with Crippen LogP contribution in [0.15, 0.2) is 53.7 Å². The van der Waals surface area contributed by atoms with Gasteiger partial charge < -0.3 is 10.2 Å². The Morgan fingerprint density at radius 3 is 2.58 bits per heavy atom. The van der Waals surface area contributed by atoms with E-state index in [0.717, 1.165) is 18.5 Å². The van der Waals surface area contributed by atoms with Crippen LogP contribution in [0.2, 0.25) is 0 Å². The molecule has 1 aromatic carbocycles. The summed E-state index contributed by atoms with van der Waals surface area (Å²) in [5, 5.41) is 2.80. The van der Waals surface area contributed by atoms with Crippen LogP contribution in [0.4, 0.5) is 0 Å². The molecule has 0 saturated heterocycles. The Hall–Kier alpha value is -2.29. The second-order valence-electron chi connectivity index (χ2n) is 6.12. The number of nitrogens with zero attached hydrogens (tertiary/aromatic N) is 2. The highest BCUT2D eigenvalue weighted by atomic mass is 32.2. The van der Waals surface area contributed by atoms with Crippen molar-refractivity contribution in [2.45, 2.75) is 17.9 Å². The van der Waals surface area contributed by atoms with Gasteiger partial charge in [-0.2, -0.15) is 0 Å². The molecule has 0 aliphatic heterocycles. The molecule has 8 heteroatoms. The van der Waals surface area contributed by atoms with Gasteiger partial charge in [0.2, 0.25) is 10.0 Å². The fourth-order valence-electron chi connectivity index (χ4n) is 2.27. The Labute approximate surface area is 154 Å². The summed E-state index contributed by atoms with van der Waals surface area (Å²) in [6, 6.07) is 9.49. The minimum Gasteiger partial charge on any atom is -0.352 e. The van der Waals surface area contributed by atoms with Gasteiger partial charge in [-0.05, 0) is 63.0 Å². The van der Waals surface area contributed by atoms with Crippen molar-refractivity contribution in [3.05, 3.63) is 59.9 Å². The maximum atomic E-state index is 12.5. The lowest BCUT2D eigenvalue weighted by Gasteiger charge is -2.11. The fraction of sp³-hybridized carbons (Fsp3) is 0.333. The summed E-state index contributed by atoms with van der Waals surface area (Å²) in [6.45, 7) is 1.56. The summed E-state index contributed by atoms with van der Waals surface area (Å²) in [5.74, 6) is -0.282. The second kappa shape index (κ2) is 9.42. The molecule has 0 fully saturated rings. The van der Waals surface area contributed by atoms with Crippen LogP contribution in [-0.2, 0) is 16.6 Å². The van der Waals surface area contributed by atoms with E-state index < -0.39 is 10.0 Å². The fourth-order valence-corrected chi connectivity index (χ4v) is 3.33. The van der Waals surface area contributed by atoms with E-state index in [1.54, 1.807) is 36.7 Å². The Morgan fingerprint density at radius 2 is 1.88 bits per heavy atom. The van der Waals surface area contributed by atoms with Crippen molar-refractivity contribution in [2.24, 2.45) is 0 Å². The molecule has 7 nitrogen and oxygen atoms in total. The molecule has 0 aliphatic carbocycles. The zero-order valence-corrected chi connectivity index (χ0v) is 15.8. The Morgan fingerprint density at radius 1 is 1.15 bits per heavy atom. The smallest absolute Gasteiger partial charge is 0.251 e.